The number of likely N-dealkylation sites (N-methyl/N-ethyl adjacent to an activating group) is 2. The number of carbonyl (C=O) groups excluding carboxylic acids is 1. The predicted molar refractivity (Wildman–Crippen MR) is 64.4 cm³/mol. The number of benzene rings is 1. The number of anilines is 1. The largest absolute Gasteiger partial charge is 0.389 e. The number of aliphatic hydroxyl groups is 1. The predicted octanol–water partition coefficient (Wildman–Crippen LogP) is 0.922. The van der Waals surface area contributed by atoms with Gasteiger partial charge < -0.3 is 15.3 Å². The van der Waals surface area contributed by atoms with E-state index in [0.717, 1.165) is 11.3 Å². The molecular formula is C12H18N2O2. The smallest absolute Gasteiger partial charge is 0.239 e. The Morgan fingerprint density at radius 1 is 1.44 bits per heavy atom. The molecule has 0 radical (unpaired) electrons. The summed E-state index contributed by atoms with van der Waals surface area (Å²) in [4.78, 5) is 13.0. The first-order valence-electron chi connectivity index (χ1n) is 5.24. The van der Waals surface area contributed by atoms with Gasteiger partial charge in [-0.15, -0.1) is 0 Å². The quantitative estimate of drug-likeness (QED) is 0.796. The molecular weight excluding hydrogens is 204 g/mol. The Morgan fingerprint density at radius 3 is 2.44 bits per heavy atom. The summed E-state index contributed by atoms with van der Waals surface area (Å²) >= 11 is 0. The van der Waals surface area contributed by atoms with E-state index in [1.165, 1.54) is 0 Å². The Balaban J connectivity index is 2.70. The molecule has 4 heteroatoms. The van der Waals surface area contributed by atoms with Gasteiger partial charge in [0.1, 0.15) is 0 Å². The fourth-order valence-corrected chi connectivity index (χ4v) is 1.39. The Morgan fingerprint density at radius 2 is 2.00 bits per heavy atom. The third-order valence-corrected chi connectivity index (χ3v) is 2.48. The molecule has 0 aliphatic rings. The van der Waals surface area contributed by atoms with Crippen molar-refractivity contribution in [1.29, 1.82) is 0 Å². The lowest BCUT2D eigenvalue weighted by atomic mass is 10.1. The molecule has 0 spiro atoms. The van der Waals surface area contributed by atoms with Gasteiger partial charge in [0.05, 0.1) is 12.6 Å². The normalized spacial score (nSPS) is 12.0. The van der Waals surface area contributed by atoms with E-state index >= 15 is 0 Å². The van der Waals surface area contributed by atoms with Crippen LogP contribution in [0.3, 0.4) is 0 Å². The van der Waals surface area contributed by atoms with Gasteiger partial charge in [-0.05, 0) is 24.6 Å². The summed E-state index contributed by atoms with van der Waals surface area (Å²) < 4.78 is 0. The van der Waals surface area contributed by atoms with Gasteiger partial charge in [0.2, 0.25) is 5.91 Å². The average Bonchev–Trinajstić information content (AvgIpc) is 2.28. The molecule has 0 aromatic heterocycles. The van der Waals surface area contributed by atoms with E-state index in [4.69, 9.17) is 0 Å². The lowest BCUT2D eigenvalue weighted by Crippen LogP contribution is -2.32. The Hall–Kier alpha value is -1.55. The van der Waals surface area contributed by atoms with Crippen molar-refractivity contribution in [3.05, 3.63) is 29.8 Å². The highest BCUT2D eigenvalue weighted by Gasteiger charge is 2.06. The maximum absolute atomic E-state index is 11.2. The molecule has 1 atom stereocenters. The summed E-state index contributed by atoms with van der Waals surface area (Å²) in [5.41, 5.74) is 1.82. The molecule has 1 aromatic carbocycles. The average molecular weight is 222 g/mol. The van der Waals surface area contributed by atoms with Crippen molar-refractivity contribution >= 4 is 11.6 Å². The van der Waals surface area contributed by atoms with Crippen molar-refractivity contribution < 1.29 is 9.90 Å². The van der Waals surface area contributed by atoms with Crippen LogP contribution in [0.4, 0.5) is 5.69 Å². The topological polar surface area (TPSA) is 52.6 Å². The first-order valence-corrected chi connectivity index (χ1v) is 5.24. The van der Waals surface area contributed by atoms with Gasteiger partial charge >= 0.3 is 0 Å². The Bertz CT molecular complexity index is 347. The van der Waals surface area contributed by atoms with Crippen LogP contribution >= 0.6 is 0 Å². The second-order valence-electron chi connectivity index (χ2n) is 3.80. The van der Waals surface area contributed by atoms with Gasteiger partial charge in [-0.25, -0.2) is 0 Å². The molecule has 0 aliphatic heterocycles. The molecule has 0 aliphatic carbocycles. The van der Waals surface area contributed by atoms with Crippen LogP contribution in [0, 0.1) is 0 Å². The maximum atomic E-state index is 11.2. The van der Waals surface area contributed by atoms with Gasteiger partial charge in [-0.2, -0.15) is 0 Å². The van der Waals surface area contributed by atoms with Gasteiger partial charge in [0, 0.05) is 19.8 Å². The van der Waals surface area contributed by atoms with Crippen molar-refractivity contribution in [2.45, 2.75) is 13.0 Å². The monoisotopic (exact) mass is 222 g/mol. The molecule has 0 fully saturated rings. The molecule has 1 amide bonds. The van der Waals surface area contributed by atoms with Gasteiger partial charge in [-0.3, -0.25) is 4.79 Å². The first-order chi connectivity index (χ1) is 7.54. The molecule has 0 bridgehead atoms. The molecule has 1 aromatic rings. The SMILES string of the molecule is CNC(=O)CN(C)c1ccc(C(C)O)cc1. The van der Waals surface area contributed by atoms with E-state index in [2.05, 4.69) is 5.32 Å². The van der Waals surface area contributed by atoms with Crippen LogP contribution in [0.5, 0.6) is 0 Å². The zero-order valence-corrected chi connectivity index (χ0v) is 9.90. The summed E-state index contributed by atoms with van der Waals surface area (Å²) in [6.45, 7) is 2.05. The minimum absolute atomic E-state index is 0.0258. The molecule has 1 rings (SSSR count). The number of amides is 1. The highest BCUT2D eigenvalue weighted by atomic mass is 16.3. The summed E-state index contributed by atoms with van der Waals surface area (Å²) in [7, 11) is 3.47. The van der Waals surface area contributed by atoms with Gasteiger partial charge in [0.15, 0.2) is 0 Å². The lowest BCUT2D eigenvalue weighted by molar-refractivity contribution is -0.119. The maximum Gasteiger partial charge on any atom is 0.239 e. The number of nitrogens with zero attached hydrogens (tertiary/aromatic N) is 1. The third kappa shape index (κ3) is 3.24. The molecule has 0 saturated carbocycles. The standard InChI is InChI=1S/C12H18N2O2/c1-9(15)10-4-6-11(7-5-10)14(3)8-12(16)13-2/h4-7,9,15H,8H2,1-3H3,(H,13,16). The summed E-state index contributed by atoms with van der Waals surface area (Å²) in [5, 5.41) is 11.9. The van der Waals surface area contributed by atoms with Crippen LogP contribution in [-0.4, -0.2) is 31.7 Å². The van der Waals surface area contributed by atoms with E-state index in [9.17, 15) is 9.90 Å². The second-order valence-corrected chi connectivity index (χ2v) is 3.80. The van der Waals surface area contributed by atoms with E-state index in [1.54, 1.807) is 14.0 Å². The third-order valence-electron chi connectivity index (χ3n) is 2.48. The van der Waals surface area contributed by atoms with Crippen molar-refractivity contribution in [1.82, 2.24) is 5.32 Å². The number of hydrogen-bond donors (Lipinski definition) is 2. The minimum Gasteiger partial charge on any atom is -0.389 e. The van der Waals surface area contributed by atoms with E-state index < -0.39 is 6.10 Å². The molecule has 4 nitrogen and oxygen atoms in total. The molecule has 88 valence electrons. The van der Waals surface area contributed by atoms with Crippen molar-refractivity contribution in [2.24, 2.45) is 0 Å². The van der Waals surface area contributed by atoms with Gasteiger partial charge in [0.25, 0.3) is 0 Å². The number of hydrogen-bond acceptors (Lipinski definition) is 3. The van der Waals surface area contributed by atoms with Gasteiger partial charge in [-0.1, -0.05) is 12.1 Å². The fourth-order valence-electron chi connectivity index (χ4n) is 1.39. The van der Waals surface area contributed by atoms with Crippen LogP contribution < -0.4 is 10.2 Å². The Labute approximate surface area is 95.9 Å². The number of nitrogens with one attached hydrogen (secondary N) is 1. The zero-order valence-electron chi connectivity index (χ0n) is 9.90. The Kier molecular flexibility index (Phi) is 4.31. The van der Waals surface area contributed by atoms with Crippen molar-refractivity contribution in [3.8, 4) is 0 Å². The van der Waals surface area contributed by atoms with Crippen molar-refractivity contribution in [2.75, 3.05) is 25.5 Å². The van der Waals surface area contributed by atoms with Crippen LogP contribution in [0.25, 0.3) is 0 Å². The molecule has 2 N–H and O–H groups in total. The lowest BCUT2D eigenvalue weighted by Gasteiger charge is -2.18. The number of carbonyl (C=O) groups is 1. The van der Waals surface area contributed by atoms with Crippen LogP contribution in [0.15, 0.2) is 24.3 Å². The molecule has 0 heterocycles. The fraction of sp³-hybridized carbons (Fsp3) is 0.417. The molecule has 16 heavy (non-hydrogen) atoms. The highest BCUT2D eigenvalue weighted by molar-refractivity contribution is 5.80. The van der Waals surface area contributed by atoms with Crippen molar-refractivity contribution in [3.63, 3.8) is 0 Å². The summed E-state index contributed by atoms with van der Waals surface area (Å²) in [6, 6.07) is 7.51. The summed E-state index contributed by atoms with van der Waals surface area (Å²) in [5.74, 6) is -0.0258. The number of rotatable bonds is 4. The van der Waals surface area contributed by atoms with E-state index in [-0.39, 0.29) is 5.91 Å². The minimum atomic E-state index is -0.460. The molecule has 1 unspecified atom stereocenters. The highest BCUT2D eigenvalue weighted by Crippen LogP contribution is 2.17. The summed E-state index contributed by atoms with van der Waals surface area (Å²) in [6.07, 6.45) is -0.460. The van der Waals surface area contributed by atoms with Crippen LogP contribution in [-0.2, 0) is 4.79 Å². The van der Waals surface area contributed by atoms with E-state index in [1.807, 2.05) is 36.2 Å². The van der Waals surface area contributed by atoms with E-state index in [0.29, 0.717) is 6.54 Å². The second kappa shape index (κ2) is 5.51. The number of aliphatic hydroxyl groups excluding tert-OH is 1. The molecule has 0 saturated heterocycles. The van der Waals surface area contributed by atoms with Crippen LogP contribution in [0.2, 0.25) is 0 Å². The van der Waals surface area contributed by atoms with Crippen LogP contribution in [0.1, 0.15) is 18.6 Å². The first kappa shape index (κ1) is 12.5. The zero-order chi connectivity index (χ0) is 12.1.